The van der Waals surface area contributed by atoms with Crippen LogP contribution in [0.15, 0.2) is 0 Å². The van der Waals surface area contributed by atoms with E-state index in [2.05, 4.69) is 4.74 Å². The predicted octanol–water partition coefficient (Wildman–Crippen LogP) is 0.0491. The Hall–Kier alpha value is -0.240. The molecule has 0 amide bonds. The second-order valence-corrected chi connectivity index (χ2v) is 3.34. The van der Waals surface area contributed by atoms with Gasteiger partial charge in [0.1, 0.15) is 24.4 Å². The summed E-state index contributed by atoms with van der Waals surface area (Å²) in [6.07, 6.45) is -8.49. The summed E-state index contributed by atoms with van der Waals surface area (Å²) in [5.41, 5.74) is 0. The molecular weight excluding hydrogens is 228 g/mol. The van der Waals surface area contributed by atoms with Crippen LogP contribution in [-0.2, 0) is 28.4 Å². The number of ether oxygens (including phenoxy) is 6. The van der Waals surface area contributed by atoms with Gasteiger partial charge in [0.05, 0.1) is 23.1 Å². The Labute approximate surface area is 119 Å². The van der Waals surface area contributed by atoms with Gasteiger partial charge in [0.2, 0.25) is 0 Å². The molecule has 0 aliphatic carbocycles. The van der Waals surface area contributed by atoms with Crippen molar-refractivity contribution in [2.75, 3.05) is 41.9 Å². The fraction of sp³-hybridized carbons (Fsp3) is 1.00. The smallest absolute Gasteiger partial charge is 0.186 e. The van der Waals surface area contributed by atoms with Gasteiger partial charge in [0, 0.05) is 35.3 Å². The summed E-state index contributed by atoms with van der Waals surface area (Å²) >= 11 is 0. The van der Waals surface area contributed by atoms with Crippen LogP contribution in [0.2, 0.25) is 0 Å². The third-order valence-corrected chi connectivity index (χ3v) is 2.48. The van der Waals surface area contributed by atoms with Gasteiger partial charge in [-0.25, -0.2) is 0 Å². The van der Waals surface area contributed by atoms with Crippen molar-refractivity contribution in [3.8, 4) is 0 Å². The molecule has 0 radical (unpaired) electrons. The Morgan fingerprint density at radius 3 is 2.29 bits per heavy atom. The molecule has 6 nitrogen and oxygen atoms in total. The third kappa shape index (κ3) is 3.15. The van der Waals surface area contributed by atoms with Crippen molar-refractivity contribution in [3.63, 3.8) is 0 Å². The van der Waals surface area contributed by atoms with E-state index in [1.54, 1.807) is 0 Å². The van der Waals surface area contributed by atoms with E-state index >= 15 is 0 Å². The summed E-state index contributed by atoms with van der Waals surface area (Å²) in [5, 5.41) is 0. The molecule has 0 bridgehead atoms. The van der Waals surface area contributed by atoms with Gasteiger partial charge in [0.25, 0.3) is 0 Å². The van der Waals surface area contributed by atoms with E-state index in [1.165, 1.54) is 0 Å². The summed E-state index contributed by atoms with van der Waals surface area (Å²) in [6.45, 7) is -0.765. The minimum atomic E-state index is -3.12. The largest absolute Gasteiger partial charge is 0.382 e. The zero-order valence-electron chi connectivity index (χ0n) is 21.0. The predicted molar refractivity (Wildman–Crippen MR) is 59.9 cm³/mol. The number of hydrogen-bond acceptors (Lipinski definition) is 6. The molecule has 102 valence electrons. The first kappa shape index (κ1) is 5.03. The van der Waals surface area contributed by atoms with E-state index in [-0.39, 0.29) is 0 Å². The van der Waals surface area contributed by atoms with E-state index in [4.69, 9.17) is 40.1 Å². The topological polar surface area (TPSA) is 55.4 Å². The Balaban J connectivity index is 3.34. The van der Waals surface area contributed by atoms with Crippen molar-refractivity contribution in [1.29, 1.82) is 0 Å². The van der Waals surface area contributed by atoms with Crippen LogP contribution in [0, 0.1) is 0 Å². The molecule has 0 saturated carbocycles. The zero-order valence-corrected chi connectivity index (χ0v) is 9.04. The van der Waals surface area contributed by atoms with E-state index in [1.807, 2.05) is 0 Å². The Bertz CT molecular complexity index is 514. The highest BCUT2D eigenvalue weighted by Gasteiger charge is 2.47. The van der Waals surface area contributed by atoms with Crippen molar-refractivity contribution < 1.29 is 44.9 Å². The quantitative estimate of drug-likeness (QED) is 0.674. The third-order valence-electron chi connectivity index (χ3n) is 2.48. The summed E-state index contributed by atoms with van der Waals surface area (Å²) in [5.74, 6) is 0. The highest BCUT2D eigenvalue weighted by atomic mass is 16.7. The minimum absolute atomic E-state index is 0.765. The first-order valence-corrected chi connectivity index (χ1v) is 4.67. The van der Waals surface area contributed by atoms with Crippen LogP contribution >= 0.6 is 0 Å². The SMILES string of the molecule is [2H]C([2H])([2H])OCC1OC(OC)C(OC([2H])([2H])[2H])C(OC([2H])([2H])[2H])C1OC([2H])([2H])[2H]. The molecule has 1 rings (SSSR count). The van der Waals surface area contributed by atoms with Crippen LogP contribution in [0.5, 0.6) is 0 Å². The second kappa shape index (κ2) is 7.25. The van der Waals surface area contributed by atoms with Gasteiger partial charge in [-0.15, -0.1) is 0 Å². The summed E-state index contributed by atoms with van der Waals surface area (Å²) in [7, 11) is -11.1. The maximum Gasteiger partial charge on any atom is 0.186 e. The fourth-order valence-corrected chi connectivity index (χ4v) is 1.69. The average Bonchev–Trinajstić information content (AvgIpc) is 2.44. The fourth-order valence-electron chi connectivity index (χ4n) is 1.69. The summed E-state index contributed by atoms with van der Waals surface area (Å²) < 4.78 is 117. The van der Waals surface area contributed by atoms with Crippen LogP contribution < -0.4 is 0 Å². The van der Waals surface area contributed by atoms with Gasteiger partial charge in [-0.3, -0.25) is 0 Å². The second-order valence-electron chi connectivity index (χ2n) is 3.34. The van der Waals surface area contributed by atoms with Crippen molar-refractivity contribution in [1.82, 2.24) is 0 Å². The molecule has 1 aliphatic rings. The molecule has 1 heterocycles. The molecule has 0 spiro atoms. The van der Waals surface area contributed by atoms with E-state index in [0.717, 1.165) is 7.11 Å². The molecule has 0 aromatic rings. The monoisotopic (exact) mass is 262 g/mol. The molecule has 0 N–H and O–H groups in total. The van der Waals surface area contributed by atoms with Crippen LogP contribution in [0.25, 0.3) is 0 Å². The molecule has 5 unspecified atom stereocenters. The molecule has 1 aliphatic heterocycles. The lowest BCUT2D eigenvalue weighted by Crippen LogP contribution is -2.61. The van der Waals surface area contributed by atoms with Gasteiger partial charge in [0.15, 0.2) is 6.29 Å². The molecule has 0 aromatic heterocycles. The number of methoxy groups -OCH3 is 5. The van der Waals surface area contributed by atoms with Gasteiger partial charge >= 0.3 is 0 Å². The van der Waals surface area contributed by atoms with Crippen LogP contribution in [-0.4, -0.2) is 72.6 Å². The first-order valence-electron chi connectivity index (χ1n) is 10.7. The molecule has 0 aromatic carbocycles. The van der Waals surface area contributed by atoms with Crippen LogP contribution in [0.3, 0.4) is 0 Å². The normalized spacial score (nSPS) is 51.7. The molecule has 1 fully saturated rings. The lowest BCUT2D eigenvalue weighted by atomic mass is 9.98. The molecule has 5 atom stereocenters. The van der Waals surface area contributed by atoms with E-state index < -0.39 is 65.5 Å². The maximum absolute atomic E-state index is 7.32. The zero-order chi connectivity index (χ0) is 22.8. The van der Waals surface area contributed by atoms with Crippen LogP contribution in [0.1, 0.15) is 16.4 Å². The number of rotatable bonds is 6. The lowest BCUT2D eigenvalue weighted by molar-refractivity contribution is -0.307. The van der Waals surface area contributed by atoms with Gasteiger partial charge in [-0.2, -0.15) is 0 Å². The van der Waals surface area contributed by atoms with Crippen molar-refractivity contribution in [3.05, 3.63) is 0 Å². The van der Waals surface area contributed by atoms with Gasteiger partial charge < -0.3 is 28.4 Å². The van der Waals surface area contributed by atoms with E-state index in [0.29, 0.717) is 0 Å². The molecule has 1 saturated heterocycles. The number of hydrogen-bond donors (Lipinski definition) is 0. The minimum Gasteiger partial charge on any atom is -0.382 e. The Kier molecular flexibility index (Phi) is 2.15. The first-order chi connectivity index (χ1) is 12.8. The standard InChI is InChI=1S/C11H22O6/c1-12-6-7-8(13-2)9(14-3)10(15-4)11(16-5)17-7/h7-11H,6H2,1-5H3/i1D3,2D3,3D3,4D3. The molecule has 17 heavy (non-hydrogen) atoms. The van der Waals surface area contributed by atoms with Crippen molar-refractivity contribution >= 4 is 0 Å². The molecular formula is C11H22O6. The van der Waals surface area contributed by atoms with Crippen LogP contribution in [0.4, 0.5) is 0 Å². The summed E-state index contributed by atoms with van der Waals surface area (Å²) in [6, 6.07) is 0. The highest BCUT2D eigenvalue weighted by molar-refractivity contribution is 4.92. The van der Waals surface area contributed by atoms with Gasteiger partial charge in [-0.05, 0) is 0 Å². The highest BCUT2D eigenvalue weighted by Crippen LogP contribution is 2.27. The lowest BCUT2D eigenvalue weighted by Gasteiger charge is -2.44. The van der Waals surface area contributed by atoms with E-state index in [9.17, 15) is 0 Å². The maximum atomic E-state index is 7.32. The van der Waals surface area contributed by atoms with Gasteiger partial charge in [-0.1, -0.05) is 0 Å². The summed E-state index contributed by atoms with van der Waals surface area (Å²) in [4.78, 5) is 0. The Morgan fingerprint density at radius 2 is 1.65 bits per heavy atom. The Morgan fingerprint density at radius 1 is 0.941 bits per heavy atom. The van der Waals surface area contributed by atoms with Crippen molar-refractivity contribution in [2.24, 2.45) is 0 Å². The molecule has 6 heteroatoms. The average molecular weight is 262 g/mol. The van der Waals surface area contributed by atoms with Crippen molar-refractivity contribution in [2.45, 2.75) is 30.7 Å².